The van der Waals surface area contributed by atoms with Gasteiger partial charge in [0.15, 0.2) is 5.82 Å². The van der Waals surface area contributed by atoms with E-state index in [1.807, 2.05) is 4.68 Å². The SMILES string of the molecule is O=C(O)c1ccncc1Nc1nn(CCC2CCCC2)c2ccc(F)cc12. The Morgan fingerprint density at radius 2 is 2.11 bits per heavy atom. The third kappa shape index (κ3) is 3.63. The maximum absolute atomic E-state index is 13.8. The van der Waals surface area contributed by atoms with E-state index in [0.717, 1.165) is 24.4 Å². The number of aromatic nitrogens is 3. The minimum Gasteiger partial charge on any atom is -0.478 e. The van der Waals surface area contributed by atoms with Gasteiger partial charge < -0.3 is 10.4 Å². The number of hydrogen-bond acceptors (Lipinski definition) is 4. The van der Waals surface area contributed by atoms with Gasteiger partial charge in [0, 0.05) is 18.1 Å². The van der Waals surface area contributed by atoms with Crippen LogP contribution in [0.5, 0.6) is 0 Å². The number of anilines is 2. The number of rotatable bonds is 6. The zero-order valence-corrected chi connectivity index (χ0v) is 14.9. The van der Waals surface area contributed by atoms with Gasteiger partial charge in [-0.25, -0.2) is 9.18 Å². The van der Waals surface area contributed by atoms with E-state index in [1.165, 1.54) is 56.3 Å². The number of carboxylic acids is 1. The summed E-state index contributed by atoms with van der Waals surface area (Å²) in [5, 5.41) is 17.6. The summed E-state index contributed by atoms with van der Waals surface area (Å²) in [4.78, 5) is 15.4. The van der Waals surface area contributed by atoms with Crippen molar-refractivity contribution in [3.05, 3.63) is 48.0 Å². The Labute approximate surface area is 156 Å². The van der Waals surface area contributed by atoms with Crippen LogP contribution in [0.4, 0.5) is 15.9 Å². The lowest BCUT2D eigenvalue weighted by molar-refractivity contribution is 0.0698. The van der Waals surface area contributed by atoms with E-state index in [4.69, 9.17) is 0 Å². The highest BCUT2D eigenvalue weighted by atomic mass is 19.1. The maximum Gasteiger partial charge on any atom is 0.337 e. The van der Waals surface area contributed by atoms with Crippen LogP contribution < -0.4 is 5.32 Å². The monoisotopic (exact) mass is 368 g/mol. The fourth-order valence-electron chi connectivity index (χ4n) is 3.83. The van der Waals surface area contributed by atoms with Gasteiger partial charge in [-0.15, -0.1) is 0 Å². The molecule has 0 spiro atoms. The molecule has 6 nitrogen and oxygen atoms in total. The third-order valence-electron chi connectivity index (χ3n) is 5.24. The number of aryl methyl sites for hydroxylation is 1. The Bertz CT molecular complexity index is 979. The lowest BCUT2D eigenvalue weighted by Gasteiger charge is -2.09. The second kappa shape index (κ2) is 7.34. The molecular weight excluding hydrogens is 347 g/mol. The highest BCUT2D eigenvalue weighted by Crippen LogP contribution is 2.31. The van der Waals surface area contributed by atoms with Crippen LogP contribution >= 0.6 is 0 Å². The van der Waals surface area contributed by atoms with Crippen LogP contribution in [0.15, 0.2) is 36.7 Å². The molecule has 4 rings (SSSR count). The average Bonchev–Trinajstić information content (AvgIpc) is 3.28. The van der Waals surface area contributed by atoms with E-state index in [1.54, 1.807) is 6.07 Å². The molecule has 2 heterocycles. The Morgan fingerprint density at radius 3 is 2.89 bits per heavy atom. The molecule has 1 fully saturated rings. The summed E-state index contributed by atoms with van der Waals surface area (Å²) in [6.45, 7) is 0.757. The summed E-state index contributed by atoms with van der Waals surface area (Å²) in [7, 11) is 0. The van der Waals surface area contributed by atoms with E-state index >= 15 is 0 Å². The predicted molar refractivity (Wildman–Crippen MR) is 101 cm³/mol. The van der Waals surface area contributed by atoms with Gasteiger partial charge in [-0.2, -0.15) is 5.10 Å². The summed E-state index contributed by atoms with van der Waals surface area (Å²) < 4.78 is 15.7. The number of carboxylic acid groups (broad SMARTS) is 1. The zero-order chi connectivity index (χ0) is 18.8. The first-order valence-corrected chi connectivity index (χ1v) is 9.22. The number of pyridine rings is 1. The van der Waals surface area contributed by atoms with E-state index in [-0.39, 0.29) is 11.4 Å². The lowest BCUT2D eigenvalue weighted by atomic mass is 10.0. The Kier molecular flexibility index (Phi) is 4.75. The van der Waals surface area contributed by atoms with Crippen molar-refractivity contribution in [3.8, 4) is 0 Å². The summed E-state index contributed by atoms with van der Waals surface area (Å²) >= 11 is 0. The molecule has 7 heteroatoms. The average molecular weight is 368 g/mol. The number of benzene rings is 1. The fourth-order valence-corrected chi connectivity index (χ4v) is 3.83. The maximum atomic E-state index is 13.8. The molecule has 1 aliphatic rings. The highest BCUT2D eigenvalue weighted by Gasteiger charge is 2.18. The summed E-state index contributed by atoms with van der Waals surface area (Å²) in [6, 6.07) is 5.99. The van der Waals surface area contributed by atoms with Crippen LogP contribution in [0.2, 0.25) is 0 Å². The van der Waals surface area contributed by atoms with Crippen molar-refractivity contribution in [1.29, 1.82) is 0 Å². The van der Waals surface area contributed by atoms with Crippen molar-refractivity contribution in [2.75, 3.05) is 5.32 Å². The number of halogens is 1. The smallest absolute Gasteiger partial charge is 0.337 e. The first-order valence-electron chi connectivity index (χ1n) is 9.22. The minimum atomic E-state index is -1.06. The minimum absolute atomic E-state index is 0.0926. The number of aromatic carboxylic acids is 1. The molecule has 3 aromatic rings. The normalized spacial score (nSPS) is 14.7. The lowest BCUT2D eigenvalue weighted by Crippen LogP contribution is -2.06. The van der Waals surface area contributed by atoms with Crippen LogP contribution in [0.25, 0.3) is 10.9 Å². The summed E-state index contributed by atoms with van der Waals surface area (Å²) in [5.74, 6) is -0.258. The first-order chi connectivity index (χ1) is 13.1. The number of nitrogens with one attached hydrogen (secondary N) is 1. The number of nitrogens with zero attached hydrogens (tertiary/aromatic N) is 3. The van der Waals surface area contributed by atoms with Gasteiger partial charge in [0.1, 0.15) is 5.82 Å². The van der Waals surface area contributed by atoms with Gasteiger partial charge >= 0.3 is 5.97 Å². The molecule has 0 bridgehead atoms. The molecule has 0 saturated heterocycles. The van der Waals surface area contributed by atoms with E-state index in [9.17, 15) is 14.3 Å². The Hall–Kier alpha value is -2.96. The van der Waals surface area contributed by atoms with Crippen LogP contribution in [0.1, 0.15) is 42.5 Å². The van der Waals surface area contributed by atoms with Gasteiger partial charge in [0.2, 0.25) is 0 Å². The van der Waals surface area contributed by atoms with E-state index in [0.29, 0.717) is 16.9 Å². The van der Waals surface area contributed by atoms with Crippen LogP contribution in [-0.2, 0) is 6.54 Å². The molecule has 27 heavy (non-hydrogen) atoms. The molecule has 2 N–H and O–H groups in total. The summed E-state index contributed by atoms with van der Waals surface area (Å²) in [5.41, 5.74) is 1.25. The first kappa shape index (κ1) is 17.5. The number of fused-ring (bicyclic) bond motifs is 1. The summed E-state index contributed by atoms with van der Waals surface area (Å²) in [6.07, 6.45) is 9.01. The molecular formula is C20H21FN4O2. The Balaban J connectivity index is 1.67. The highest BCUT2D eigenvalue weighted by molar-refractivity contribution is 5.97. The number of hydrogen-bond donors (Lipinski definition) is 2. The largest absolute Gasteiger partial charge is 0.478 e. The quantitative estimate of drug-likeness (QED) is 0.665. The molecule has 0 radical (unpaired) electrons. The standard InChI is InChI=1S/C20H21FN4O2/c21-14-5-6-18-16(11-14)19(23-17-12-22-9-7-15(17)20(26)27)24-25(18)10-8-13-3-1-2-4-13/h5-7,9,11-13H,1-4,8,10H2,(H,23,24)(H,26,27). The molecule has 1 aromatic carbocycles. The van der Waals surface area contributed by atoms with Crippen molar-refractivity contribution in [2.45, 2.75) is 38.6 Å². The van der Waals surface area contributed by atoms with E-state index < -0.39 is 5.97 Å². The molecule has 1 aliphatic carbocycles. The van der Waals surface area contributed by atoms with Crippen molar-refractivity contribution in [2.24, 2.45) is 5.92 Å². The topological polar surface area (TPSA) is 80.0 Å². The second-order valence-electron chi connectivity index (χ2n) is 7.02. The van der Waals surface area contributed by atoms with Gasteiger partial charge in [0.25, 0.3) is 0 Å². The van der Waals surface area contributed by atoms with Crippen LogP contribution in [0, 0.1) is 11.7 Å². The fraction of sp³-hybridized carbons (Fsp3) is 0.350. The van der Waals surface area contributed by atoms with Gasteiger partial charge in [0.05, 0.1) is 23.0 Å². The van der Waals surface area contributed by atoms with Gasteiger partial charge in [-0.05, 0) is 36.6 Å². The predicted octanol–water partition coefficient (Wildman–Crippen LogP) is 4.59. The van der Waals surface area contributed by atoms with Gasteiger partial charge in [-0.1, -0.05) is 25.7 Å². The molecule has 0 unspecified atom stereocenters. The molecule has 0 atom stereocenters. The molecule has 140 valence electrons. The molecule has 1 saturated carbocycles. The number of carbonyl (C=O) groups is 1. The second-order valence-corrected chi connectivity index (χ2v) is 7.02. The van der Waals surface area contributed by atoms with Crippen LogP contribution in [-0.4, -0.2) is 25.8 Å². The zero-order valence-electron chi connectivity index (χ0n) is 14.9. The molecule has 0 aliphatic heterocycles. The van der Waals surface area contributed by atoms with E-state index in [2.05, 4.69) is 15.4 Å². The van der Waals surface area contributed by atoms with Crippen molar-refractivity contribution < 1.29 is 14.3 Å². The molecule has 2 aromatic heterocycles. The Morgan fingerprint density at radius 1 is 1.30 bits per heavy atom. The third-order valence-corrected chi connectivity index (χ3v) is 5.24. The van der Waals surface area contributed by atoms with Crippen molar-refractivity contribution >= 4 is 28.4 Å². The van der Waals surface area contributed by atoms with Crippen LogP contribution in [0.3, 0.4) is 0 Å². The van der Waals surface area contributed by atoms with Gasteiger partial charge in [-0.3, -0.25) is 9.67 Å². The van der Waals surface area contributed by atoms with Crippen molar-refractivity contribution in [1.82, 2.24) is 14.8 Å². The van der Waals surface area contributed by atoms with Crippen molar-refractivity contribution in [3.63, 3.8) is 0 Å². The molecule has 0 amide bonds.